The number of carbonyl (C=O) groups is 2. The fraction of sp³-hybridized carbons (Fsp3) is 0.0952. The summed E-state index contributed by atoms with van der Waals surface area (Å²) in [5.74, 6) is -0.620. The summed E-state index contributed by atoms with van der Waals surface area (Å²) in [5, 5.41) is 5.65. The van der Waals surface area contributed by atoms with Gasteiger partial charge >= 0.3 is 0 Å². The van der Waals surface area contributed by atoms with E-state index in [0.717, 1.165) is 16.8 Å². The molecule has 2 amide bonds. The maximum Gasteiger partial charge on any atom is 0.257 e. The lowest BCUT2D eigenvalue weighted by Gasteiger charge is -2.09. The minimum Gasteiger partial charge on any atom is -0.322 e. The van der Waals surface area contributed by atoms with Gasteiger partial charge in [-0.05, 0) is 49.2 Å². The van der Waals surface area contributed by atoms with Crippen LogP contribution in [0.4, 0.5) is 11.4 Å². The molecule has 0 spiro atoms. The van der Waals surface area contributed by atoms with Crippen LogP contribution < -0.4 is 10.6 Å². The van der Waals surface area contributed by atoms with Crippen LogP contribution >= 0.6 is 0 Å². The van der Waals surface area contributed by atoms with Crippen LogP contribution in [-0.4, -0.2) is 16.8 Å². The number of nitrogens with zero attached hydrogens (tertiary/aromatic N) is 1. The molecule has 0 fully saturated rings. The molecule has 5 nitrogen and oxygen atoms in total. The van der Waals surface area contributed by atoms with Gasteiger partial charge in [-0.2, -0.15) is 0 Å². The van der Waals surface area contributed by atoms with Crippen molar-refractivity contribution in [2.24, 2.45) is 0 Å². The number of anilines is 2. The highest BCUT2D eigenvalue weighted by atomic mass is 16.2. The van der Waals surface area contributed by atoms with Gasteiger partial charge in [0.1, 0.15) is 0 Å². The van der Waals surface area contributed by atoms with Gasteiger partial charge in [0.2, 0.25) is 0 Å². The summed E-state index contributed by atoms with van der Waals surface area (Å²) in [7, 11) is 0. The Bertz CT molecular complexity index is 967. The number of hydrogen-bond donors (Lipinski definition) is 2. The fourth-order valence-electron chi connectivity index (χ4n) is 2.52. The van der Waals surface area contributed by atoms with E-state index >= 15 is 0 Å². The molecule has 2 aromatic carbocycles. The highest BCUT2D eigenvalue weighted by Gasteiger charge is 2.12. The largest absolute Gasteiger partial charge is 0.322 e. The molecule has 0 aliphatic rings. The van der Waals surface area contributed by atoms with Crippen molar-refractivity contribution in [3.8, 4) is 0 Å². The second-order valence-corrected chi connectivity index (χ2v) is 6.05. The number of pyridine rings is 1. The maximum absolute atomic E-state index is 12.5. The first-order valence-electron chi connectivity index (χ1n) is 8.23. The molecule has 0 saturated heterocycles. The van der Waals surface area contributed by atoms with E-state index in [1.54, 1.807) is 0 Å². The third kappa shape index (κ3) is 4.13. The van der Waals surface area contributed by atoms with Crippen LogP contribution in [0.1, 0.15) is 31.8 Å². The molecular weight excluding hydrogens is 326 g/mol. The van der Waals surface area contributed by atoms with Crippen LogP contribution in [0, 0.1) is 13.8 Å². The van der Waals surface area contributed by atoms with Gasteiger partial charge in [0.25, 0.3) is 11.8 Å². The molecule has 1 aromatic heterocycles. The van der Waals surface area contributed by atoms with Gasteiger partial charge in [0, 0.05) is 23.8 Å². The number of amides is 2. The van der Waals surface area contributed by atoms with E-state index in [1.165, 1.54) is 18.5 Å². The molecule has 26 heavy (non-hydrogen) atoms. The van der Waals surface area contributed by atoms with Gasteiger partial charge < -0.3 is 10.6 Å². The topological polar surface area (TPSA) is 71.1 Å². The number of nitrogens with one attached hydrogen (secondary N) is 2. The lowest BCUT2D eigenvalue weighted by Crippen LogP contribution is -2.16. The van der Waals surface area contributed by atoms with E-state index in [2.05, 4.69) is 15.6 Å². The first-order valence-corrected chi connectivity index (χ1v) is 8.23. The van der Waals surface area contributed by atoms with E-state index in [-0.39, 0.29) is 11.8 Å². The SMILES string of the molecule is Cc1cccc(NC(=O)c2cncc(C(=O)Nc3ccccc3C)c2)c1. The summed E-state index contributed by atoms with van der Waals surface area (Å²) < 4.78 is 0. The van der Waals surface area contributed by atoms with Crippen molar-refractivity contribution >= 4 is 23.2 Å². The van der Waals surface area contributed by atoms with Gasteiger partial charge in [-0.1, -0.05) is 30.3 Å². The molecule has 0 aliphatic carbocycles. The van der Waals surface area contributed by atoms with Gasteiger partial charge in [-0.3, -0.25) is 14.6 Å². The van der Waals surface area contributed by atoms with E-state index in [9.17, 15) is 9.59 Å². The molecule has 0 atom stereocenters. The number of aryl methyl sites for hydroxylation is 2. The number of carbonyl (C=O) groups excluding carboxylic acids is 2. The van der Waals surface area contributed by atoms with Crippen molar-refractivity contribution in [2.75, 3.05) is 10.6 Å². The molecule has 5 heteroatoms. The molecule has 0 unspecified atom stereocenters. The monoisotopic (exact) mass is 345 g/mol. The minimum absolute atomic E-state index is 0.308. The number of benzene rings is 2. The predicted molar refractivity (Wildman–Crippen MR) is 103 cm³/mol. The lowest BCUT2D eigenvalue weighted by atomic mass is 10.1. The van der Waals surface area contributed by atoms with E-state index in [4.69, 9.17) is 0 Å². The van der Waals surface area contributed by atoms with Crippen LogP contribution in [0.25, 0.3) is 0 Å². The Morgan fingerprint density at radius 3 is 2.19 bits per heavy atom. The van der Waals surface area contributed by atoms with E-state index < -0.39 is 0 Å². The molecule has 0 radical (unpaired) electrons. The summed E-state index contributed by atoms with van der Waals surface area (Å²) in [5.41, 5.74) is 4.08. The molecule has 1 heterocycles. The van der Waals surface area contributed by atoms with E-state index in [1.807, 2.05) is 62.4 Å². The molecule has 0 aliphatic heterocycles. The normalized spacial score (nSPS) is 10.2. The summed E-state index contributed by atoms with van der Waals surface area (Å²) in [6, 6.07) is 16.5. The van der Waals surface area contributed by atoms with Gasteiger partial charge in [0.15, 0.2) is 0 Å². The third-order valence-electron chi connectivity index (χ3n) is 3.93. The second kappa shape index (κ2) is 7.61. The maximum atomic E-state index is 12.5. The van der Waals surface area contributed by atoms with Crippen LogP contribution in [-0.2, 0) is 0 Å². The van der Waals surface area contributed by atoms with Crippen LogP contribution in [0.2, 0.25) is 0 Å². The standard InChI is InChI=1S/C21H19N3O2/c1-14-6-5-8-18(10-14)23-20(25)16-11-17(13-22-12-16)21(26)24-19-9-4-3-7-15(19)2/h3-13H,1-2H3,(H,23,25)(H,24,26). The Kier molecular flexibility index (Phi) is 5.08. The zero-order valence-electron chi connectivity index (χ0n) is 14.6. The molecule has 3 rings (SSSR count). The molecule has 2 N–H and O–H groups in total. The van der Waals surface area contributed by atoms with E-state index in [0.29, 0.717) is 16.8 Å². The van der Waals surface area contributed by atoms with Gasteiger partial charge in [-0.15, -0.1) is 0 Å². The summed E-state index contributed by atoms with van der Waals surface area (Å²) in [6.07, 6.45) is 2.88. The second-order valence-electron chi connectivity index (χ2n) is 6.05. The number of para-hydroxylation sites is 1. The summed E-state index contributed by atoms with van der Waals surface area (Å²) >= 11 is 0. The molecular formula is C21H19N3O2. The zero-order chi connectivity index (χ0) is 18.5. The van der Waals surface area contributed by atoms with Crippen molar-refractivity contribution < 1.29 is 9.59 Å². The summed E-state index contributed by atoms with van der Waals surface area (Å²) in [6.45, 7) is 3.87. The highest BCUT2D eigenvalue weighted by Crippen LogP contribution is 2.16. The molecule has 3 aromatic rings. The predicted octanol–water partition coefficient (Wildman–Crippen LogP) is 4.20. The molecule has 0 bridgehead atoms. The van der Waals surface area contributed by atoms with Crippen molar-refractivity contribution in [3.63, 3.8) is 0 Å². The van der Waals surface area contributed by atoms with Crippen molar-refractivity contribution in [2.45, 2.75) is 13.8 Å². The molecule has 130 valence electrons. The summed E-state index contributed by atoms with van der Waals surface area (Å²) in [4.78, 5) is 28.9. The Hall–Kier alpha value is -3.47. The Morgan fingerprint density at radius 1 is 0.808 bits per heavy atom. The van der Waals surface area contributed by atoms with Crippen molar-refractivity contribution in [3.05, 3.63) is 89.2 Å². The average Bonchev–Trinajstić information content (AvgIpc) is 2.63. The fourth-order valence-corrected chi connectivity index (χ4v) is 2.52. The van der Waals surface area contributed by atoms with Gasteiger partial charge in [-0.25, -0.2) is 0 Å². The smallest absolute Gasteiger partial charge is 0.257 e. The quantitative estimate of drug-likeness (QED) is 0.744. The minimum atomic E-state index is -0.311. The van der Waals surface area contributed by atoms with Gasteiger partial charge in [0.05, 0.1) is 11.1 Å². The Labute approximate surface area is 152 Å². The van der Waals surface area contributed by atoms with Crippen molar-refractivity contribution in [1.82, 2.24) is 4.98 Å². The number of rotatable bonds is 4. The Balaban J connectivity index is 1.76. The Morgan fingerprint density at radius 2 is 1.50 bits per heavy atom. The highest BCUT2D eigenvalue weighted by molar-refractivity contribution is 6.08. The first-order chi connectivity index (χ1) is 12.5. The first kappa shape index (κ1) is 17.4. The molecule has 0 saturated carbocycles. The number of hydrogen-bond acceptors (Lipinski definition) is 3. The van der Waals surface area contributed by atoms with Crippen LogP contribution in [0.15, 0.2) is 67.0 Å². The number of aromatic nitrogens is 1. The lowest BCUT2D eigenvalue weighted by molar-refractivity contribution is 0.102. The van der Waals surface area contributed by atoms with Crippen LogP contribution in [0.3, 0.4) is 0 Å². The average molecular weight is 345 g/mol. The van der Waals surface area contributed by atoms with Crippen LogP contribution in [0.5, 0.6) is 0 Å². The van der Waals surface area contributed by atoms with Crippen molar-refractivity contribution in [1.29, 1.82) is 0 Å². The third-order valence-corrected chi connectivity index (χ3v) is 3.93. The zero-order valence-corrected chi connectivity index (χ0v) is 14.6.